The van der Waals surface area contributed by atoms with Crippen molar-refractivity contribution in [1.82, 2.24) is 15.0 Å². The van der Waals surface area contributed by atoms with Crippen molar-refractivity contribution < 1.29 is 4.74 Å². The molecule has 0 N–H and O–H groups in total. The maximum atomic E-state index is 5.70. The summed E-state index contributed by atoms with van der Waals surface area (Å²) in [5.74, 6) is 0. The molecule has 1 fully saturated rings. The van der Waals surface area contributed by atoms with E-state index in [0.717, 1.165) is 23.7 Å². The molecule has 90 valence electrons. The Morgan fingerprint density at radius 2 is 2.41 bits per heavy atom. The van der Waals surface area contributed by atoms with Crippen LogP contribution in [0.3, 0.4) is 0 Å². The smallest absolute Gasteiger partial charge is 0.122 e. The molecule has 0 bridgehead atoms. The van der Waals surface area contributed by atoms with Gasteiger partial charge in [0.1, 0.15) is 5.69 Å². The van der Waals surface area contributed by atoms with Gasteiger partial charge >= 0.3 is 0 Å². The minimum atomic E-state index is 0.496. The summed E-state index contributed by atoms with van der Waals surface area (Å²) in [5.41, 5.74) is 0.948. The van der Waals surface area contributed by atoms with Crippen molar-refractivity contribution in [2.45, 2.75) is 31.9 Å². The van der Waals surface area contributed by atoms with Crippen LogP contribution in [0.4, 0.5) is 0 Å². The van der Waals surface area contributed by atoms with Crippen LogP contribution < -0.4 is 0 Å². The first-order valence-electron chi connectivity index (χ1n) is 5.97. The van der Waals surface area contributed by atoms with Gasteiger partial charge in [-0.2, -0.15) is 0 Å². The van der Waals surface area contributed by atoms with Crippen molar-refractivity contribution in [2.75, 3.05) is 6.61 Å². The van der Waals surface area contributed by atoms with Crippen molar-refractivity contribution in [3.63, 3.8) is 0 Å². The molecule has 0 aliphatic heterocycles. The van der Waals surface area contributed by atoms with E-state index in [0.29, 0.717) is 6.10 Å². The Morgan fingerprint density at radius 3 is 3.12 bits per heavy atom. The van der Waals surface area contributed by atoms with Gasteiger partial charge in [-0.15, -0.1) is 16.4 Å². The monoisotopic (exact) mass is 249 g/mol. The summed E-state index contributed by atoms with van der Waals surface area (Å²) in [7, 11) is 0. The van der Waals surface area contributed by atoms with Crippen molar-refractivity contribution in [3.05, 3.63) is 23.7 Å². The second-order valence-electron chi connectivity index (χ2n) is 4.27. The third kappa shape index (κ3) is 2.56. The van der Waals surface area contributed by atoms with Crippen molar-refractivity contribution in [1.29, 1.82) is 0 Å². The van der Waals surface area contributed by atoms with E-state index in [-0.39, 0.29) is 0 Å². The summed E-state index contributed by atoms with van der Waals surface area (Å²) < 4.78 is 7.55. The Hall–Kier alpha value is -1.20. The lowest BCUT2D eigenvalue weighted by Crippen LogP contribution is -2.23. The van der Waals surface area contributed by atoms with Gasteiger partial charge in [0.05, 0.1) is 30.3 Å². The maximum Gasteiger partial charge on any atom is 0.122 e. The number of ether oxygens (including phenoxy) is 1. The van der Waals surface area contributed by atoms with Gasteiger partial charge in [-0.3, -0.25) is 0 Å². The van der Waals surface area contributed by atoms with Gasteiger partial charge in [-0.05, 0) is 30.7 Å². The zero-order valence-electron chi connectivity index (χ0n) is 9.58. The predicted octanol–water partition coefficient (Wildman–Crippen LogP) is 2.58. The Bertz CT molecular complexity index is 462. The molecule has 4 nitrogen and oxygen atoms in total. The van der Waals surface area contributed by atoms with Gasteiger partial charge in [0.25, 0.3) is 0 Å². The van der Waals surface area contributed by atoms with Crippen LogP contribution in [0.2, 0.25) is 0 Å². The number of hydrogen-bond donors (Lipinski definition) is 0. The Kier molecular flexibility index (Phi) is 3.20. The molecular formula is C12H15N3OS. The maximum absolute atomic E-state index is 5.70. The first kappa shape index (κ1) is 10.9. The third-order valence-electron chi connectivity index (χ3n) is 3.04. The molecule has 0 spiro atoms. The fraction of sp³-hybridized carbons (Fsp3) is 0.500. The molecule has 2 heterocycles. The van der Waals surface area contributed by atoms with E-state index in [4.69, 9.17) is 4.74 Å². The molecule has 3 rings (SSSR count). The SMILES string of the molecule is c1csc(-c2cn(CCOC3CCC3)nn2)c1. The van der Waals surface area contributed by atoms with Crippen LogP contribution in [0.15, 0.2) is 23.7 Å². The molecule has 0 saturated heterocycles. The van der Waals surface area contributed by atoms with E-state index in [1.54, 1.807) is 11.3 Å². The third-order valence-corrected chi connectivity index (χ3v) is 3.93. The summed E-state index contributed by atoms with van der Waals surface area (Å²) >= 11 is 1.68. The van der Waals surface area contributed by atoms with Crippen LogP contribution in [0.25, 0.3) is 10.6 Å². The normalized spacial score (nSPS) is 16.0. The summed E-state index contributed by atoms with van der Waals surface area (Å²) in [5, 5.41) is 10.3. The van der Waals surface area contributed by atoms with Crippen molar-refractivity contribution >= 4 is 11.3 Å². The minimum absolute atomic E-state index is 0.496. The zero-order valence-corrected chi connectivity index (χ0v) is 10.4. The number of aromatic nitrogens is 3. The second-order valence-corrected chi connectivity index (χ2v) is 5.22. The number of nitrogens with zero attached hydrogens (tertiary/aromatic N) is 3. The van der Waals surface area contributed by atoms with Gasteiger partial charge in [0.2, 0.25) is 0 Å². The summed E-state index contributed by atoms with van der Waals surface area (Å²) in [6.07, 6.45) is 6.23. The molecule has 1 aliphatic rings. The molecule has 0 atom stereocenters. The molecular weight excluding hydrogens is 234 g/mol. The Labute approximate surface area is 104 Å². The van der Waals surface area contributed by atoms with Gasteiger partial charge in [-0.25, -0.2) is 4.68 Å². The quantitative estimate of drug-likeness (QED) is 0.817. The molecule has 0 radical (unpaired) electrons. The molecule has 1 saturated carbocycles. The van der Waals surface area contributed by atoms with E-state index in [9.17, 15) is 0 Å². The van der Waals surface area contributed by atoms with Crippen LogP contribution in [-0.2, 0) is 11.3 Å². The first-order chi connectivity index (χ1) is 8.42. The molecule has 0 unspecified atom stereocenters. The van der Waals surface area contributed by atoms with Crippen LogP contribution in [-0.4, -0.2) is 27.7 Å². The van der Waals surface area contributed by atoms with Gasteiger partial charge in [-0.1, -0.05) is 11.3 Å². The van der Waals surface area contributed by atoms with Crippen molar-refractivity contribution in [3.8, 4) is 10.6 Å². The summed E-state index contributed by atoms with van der Waals surface area (Å²) in [6.45, 7) is 1.52. The predicted molar refractivity (Wildman–Crippen MR) is 66.9 cm³/mol. The highest BCUT2D eigenvalue weighted by atomic mass is 32.1. The molecule has 0 amide bonds. The lowest BCUT2D eigenvalue weighted by molar-refractivity contribution is -0.00249. The fourth-order valence-corrected chi connectivity index (χ4v) is 2.47. The molecule has 2 aromatic heterocycles. The topological polar surface area (TPSA) is 39.9 Å². The summed E-state index contributed by atoms with van der Waals surface area (Å²) in [4.78, 5) is 1.16. The molecule has 17 heavy (non-hydrogen) atoms. The molecule has 0 aromatic carbocycles. The van der Waals surface area contributed by atoms with Crippen LogP contribution in [0.5, 0.6) is 0 Å². The van der Waals surface area contributed by atoms with E-state index in [1.165, 1.54) is 19.3 Å². The molecule has 5 heteroatoms. The average molecular weight is 249 g/mol. The summed E-state index contributed by atoms with van der Waals surface area (Å²) in [6, 6.07) is 4.09. The van der Waals surface area contributed by atoms with Crippen LogP contribution in [0, 0.1) is 0 Å². The Morgan fingerprint density at radius 1 is 1.47 bits per heavy atom. The van der Waals surface area contributed by atoms with Gasteiger partial charge < -0.3 is 4.74 Å². The standard InChI is InChI=1S/C12H15N3OS/c1-3-10(4-1)16-7-6-15-9-11(13-14-15)12-5-2-8-17-12/h2,5,8-10H,1,3-4,6-7H2. The number of hydrogen-bond acceptors (Lipinski definition) is 4. The highest BCUT2D eigenvalue weighted by Gasteiger charge is 2.17. The highest BCUT2D eigenvalue weighted by Crippen LogP contribution is 2.22. The lowest BCUT2D eigenvalue weighted by atomic mass is 9.96. The molecule has 2 aromatic rings. The van der Waals surface area contributed by atoms with E-state index < -0.39 is 0 Å². The second kappa shape index (κ2) is 4.98. The van der Waals surface area contributed by atoms with Crippen LogP contribution >= 0.6 is 11.3 Å². The molecule has 1 aliphatic carbocycles. The van der Waals surface area contributed by atoms with E-state index in [1.807, 2.05) is 22.3 Å². The van der Waals surface area contributed by atoms with Crippen molar-refractivity contribution in [2.24, 2.45) is 0 Å². The average Bonchev–Trinajstić information content (AvgIpc) is 2.91. The highest BCUT2D eigenvalue weighted by molar-refractivity contribution is 7.13. The van der Waals surface area contributed by atoms with Gasteiger partial charge in [0.15, 0.2) is 0 Å². The van der Waals surface area contributed by atoms with E-state index in [2.05, 4.69) is 16.4 Å². The Balaban J connectivity index is 1.53. The fourth-order valence-electron chi connectivity index (χ4n) is 1.80. The zero-order chi connectivity index (χ0) is 11.5. The van der Waals surface area contributed by atoms with Gasteiger partial charge in [0, 0.05) is 0 Å². The number of rotatable bonds is 5. The first-order valence-corrected chi connectivity index (χ1v) is 6.85. The van der Waals surface area contributed by atoms with Crippen LogP contribution in [0.1, 0.15) is 19.3 Å². The van der Waals surface area contributed by atoms with E-state index >= 15 is 0 Å². The minimum Gasteiger partial charge on any atom is -0.376 e. The lowest BCUT2D eigenvalue weighted by Gasteiger charge is -2.25. The largest absolute Gasteiger partial charge is 0.376 e. The number of thiophene rings is 1.